The molecule has 0 aromatic heterocycles. The third kappa shape index (κ3) is 7.48. The van der Waals surface area contributed by atoms with Crippen molar-refractivity contribution in [2.45, 2.75) is 31.3 Å². The Kier molecular flexibility index (Phi) is 9.05. The van der Waals surface area contributed by atoms with Crippen molar-refractivity contribution in [2.24, 2.45) is 16.6 Å². The highest BCUT2D eigenvalue weighted by atomic mass is 16.6. The van der Waals surface area contributed by atoms with Crippen molar-refractivity contribution in [1.29, 1.82) is 0 Å². The van der Waals surface area contributed by atoms with Crippen molar-refractivity contribution < 1.29 is 19.1 Å². The lowest BCUT2D eigenvalue weighted by molar-refractivity contribution is -0.115. The molecule has 3 unspecified atom stereocenters. The van der Waals surface area contributed by atoms with Crippen molar-refractivity contribution in [3.8, 4) is 0 Å². The van der Waals surface area contributed by atoms with E-state index in [1.807, 2.05) is 49.4 Å². The van der Waals surface area contributed by atoms with Crippen LogP contribution in [0.5, 0.6) is 0 Å². The first-order valence-corrected chi connectivity index (χ1v) is 12.9. The van der Waals surface area contributed by atoms with Crippen LogP contribution in [0.1, 0.15) is 19.3 Å². The molecule has 200 valence electrons. The number of urea groups is 1. The highest BCUT2D eigenvalue weighted by Gasteiger charge is 2.26. The summed E-state index contributed by atoms with van der Waals surface area (Å²) < 4.78 is 11.3. The van der Waals surface area contributed by atoms with Gasteiger partial charge in [-0.2, -0.15) is 0 Å². The fourth-order valence-electron chi connectivity index (χ4n) is 4.55. The molecule has 0 bridgehead atoms. The summed E-state index contributed by atoms with van der Waals surface area (Å²) >= 11 is 0. The molecule has 4 N–H and O–H groups in total. The van der Waals surface area contributed by atoms with Gasteiger partial charge >= 0.3 is 6.03 Å². The molecule has 0 spiro atoms. The Hall–Kier alpha value is -3.53. The van der Waals surface area contributed by atoms with Crippen LogP contribution in [-0.2, 0) is 14.3 Å². The Bertz CT molecular complexity index is 1040. The zero-order valence-corrected chi connectivity index (χ0v) is 21.7. The standard InChI is InChI=1S/C27H38N6O4/c1-32(2)12-5-13-33(27(35)30-20-9-11-24-25(16-20)37-15-14-36-24)18-19-8-10-23(29-17-19)26(34)31-22-7-4-3-6-21(22)28/h3-4,6,8,10-11,16,19-20,22H,5,7,9,12-15,17-18,28H2,1-2H3,(H,30,35)(H,31,34). The molecule has 3 atom stereocenters. The van der Waals surface area contributed by atoms with E-state index < -0.39 is 0 Å². The summed E-state index contributed by atoms with van der Waals surface area (Å²) in [5.74, 6) is 1.23. The maximum Gasteiger partial charge on any atom is 0.317 e. The number of aliphatic imine (C=N–C) groups is 1. The van der Waals surface area contributed by atoms with Gasteiger partial charge in [0.05, 0.1) is 12.1 Å². The fourth-order valence-corrected chi connectivity index (χ4v) is 4.55. The van der Waals surface area contributed by atoms with E-state index >= 15 is 0 Å². The predicted octanol–water partition coefficient (Wildman–Crippen LogP) is 1.45. The van der Waals surface area contributed by atoms with Gasteiger partial charge in [0.15, 0.2) is 11.5 Å². The SMILES string of the molecule is CN(C)CCCN(CC1C=CC(C(=O)NC2CC=CC=C2N)=NC1)C(=O)NC1C=C2OCCOC2=CC1. The van der Waals surface area contributed by atoms with Crippen LogP contribution < -0.4 is 16.4 Å². The first kappa shape index (κ1) is 26.5. The van der Waals surface area contributed by atoms with Crippen molar-refractivity contribution in [3.63, 3.8) is 0 Å². The van der Waals surface area contributed by atoms with Gasteiger partial charge in [-0.05, 0) is 64.2 Å². The van der Waals surface area contributed by atoms with Crippen molar-refractivity contribution in [1.82, 2.24) is 20.4 Å². The first-order valence-electron chi connectivity index (χ1n) is 12.9. The largest absolute Gasteiger partial charge is 0.486 e. The van der Waals surface area contributed by atoms with E-state index in [2.05, 4.69) is 20.5 Å². The second kappa shape index (κ2) is 12.6. The summed E-state index contributed by atoms with van der Waals surface area (Å²) in [6.07, 6.45) is 15.4. The quantitative estimate of drug-likeness (QED) is 0.432. The monoisotopic (exact) mass is 510 g/mol. The van der Waals surface area contributed by atoms with Gasteiger partial charge in [-0.3, -0.25) is 9.79 Å². The number of hydrogen-bond donors (Lipinski definition) is 3. The number of allylic oxidation sites excluding steroid dienone is 2. The van der Waals surface area contributed by atoms with Gasteiger partial charge in [0.2, 0.25) is 0 Å². The van der Waals surface area contributed by atoms with E-state index in [-0.39, 0.29) is 29.9 Å². The molecule has 10 heteroatoms. The first-order chi connectivity index (χ1) is 17.9. The molecular formula is C27H38N6O4. The molecule has 1 fully saturated rings. The molecule has 10 nitrogen and oxygen atoms in total. The zero-order valence-electron chi connectivity index (χ0n) is 21.7. The lowest BCUT2D eigenvalue weighted by atomic mass is 10.0. The number of ether oxygens (including phenoxy) is 2. The minimum Gasteiger partial charge on any atom is -0.486 e. The van der Waals surface area contributed by atoms with Crippen molar-refractivity contribution in [3.05, 3.63) is 59.7 Å². The van der Waals surface area contributed by atoms with Gasteiger partial charge in [-0.15, -0.1) is 0 Å². The van der Waals surface area contributed by atoms with Crippen LogP contribution in [0.2, 0.25) is 0 Å². The van der Waals surface area contributed by atoms with Crippen LogP contribution in [0.4, 0.5) is 4.79 Å². The van der Waals surface area contributed by atoms with Gasteiger partial charge < -0.3 is 35.6 Å². The maximum atomic E-state index is 13.3. The number of hydrogen-bond acceptors (Lipinski definition) is 7. The van der Waals surface area contributed by atoms with Crippen LogP contribution in [-0.4, -0.2) is 93.0 Å². The Balaban J connectivity index is 1.32. The zero-order chi connectivity index (χ0) is 26.2. The lowest BCUT2D eigenvalue weighted by Gasteiger charge is -2.31. The molecule has 0 radical (unpaired) electrons. The maximum absolute atomic E-state index is 13.3. The summed E-state index contributed by atoms with van der Waals surface area (Å²) in [5, 5.41) is 6.07. The van der Waals surface area contributed by atoms with E-state index in [0.717, 1.165) is 18.7 Å². The summed E-state index contributed by atoms with van der Waals surface area (Å²) in [6, 6.07) is -0.494. The Morgan fingerprint density at radius 2 is 1.95 bits per heavy atom. The second-order valence-corrected chi connectivity index (χ2v) is 9.89. The molecule has 0 saturated carbocycles. The average Bonchev–Trinajstić information content (AvgIpc) is 2.89. The normalized spacial score (nSPS) is 24.5. The van der Waals surface area contributed by atoms with E-state index in [4.69, 9.17) is 15.2 Å². The summed E-state index contributed by atoms with van der Waals surface area (Å²) in [6.45, 7) is 3.51. The van der Waals surface area contributed by atoms with Gasteiger partial charge in [-0.1, -0.05) is 18.2 Å². The lowest BCUT2D eigenvalue weighted by Crippen LogP contribution is -2.47. The summed E-state index contributed by atoms with van der Waals surface area (Å²) in [7, 11) is 4.04. The molecular weight excluding hydrogens is 472 g/mol. The Morgan fingerprint density at radius 3 is 2.68 bits per heavy atom. The smallest absolute Gasteiger partial charge is 0.317 e. The minimum atomic E-state index is -0.237. The molecule has 1 saturated heterocycles. The average molecular weight is 511 g/mol. The molecule has 0 aromatic carbocycles. The van der Waals surface area contributed by atoms with Gasteiger partial charge in [-0.25, -0.2) is 4.79 Å². The number of fused-ring (bicyclic) bond motifs is 1. The number of nitrogens with one attached hydrogen (secondary N) is 2. The number of amides is 3. The summed E-state index contributed by atoms with van der Waals surface area (Å²) in [4.78, 5) is 34.4. The van der Waals surface area contributed by atoms with E-state index in [9.17, 15) is 9.59 Å². The van der Waals surface area contributed by atoms with Gasteiger partial charge in [0.1, 0.15) is 18.9 Å². The number of dihydropyridines is 1. The predicted molar refractivity (Wildman–Crippen MR) is 143 cm³/mol. The van der Waals surface area contributed by atoms with Crippen LogP contribution in [0.25, 0.3) is 0 Å². The van der Waals surface area contributed by atoms with E-state index in [1.54, 1.807) is 12.2 Å². The van der Waals surface area contributed by atoms with Crippen LogP contribution in [0, 0.1) is 5.92 Å². The highest BCUT2D eigenvalue weighted by Crippen LogP contribution is 2.24. The number of rotatable bonds is 9. The molecule has 37 heavy (non-hydrogen) atoms. The van der Waals surface area contributed by atoms with Crippen molar-refractivity contribution in [2.75, 3.05) is 53.5 Å². The third-order valence-corrected chi connectivity index (χ3v) is 6.59. The molecule has 4 aliphatic rings. The number of nitrogens with zero attached hydrogens (tertiary/aromatic N) is 3. The number of carbonyl (C=O) groups is 2. The summed E-state index contributed by atoms with van der Waals surface area (Å²) in [5.41, 5.74) is 7.01. The van der Waals surface area contributed by atoms with Crippen LogP contribution in [0.3, 0.4) is 0 Å². The Morgan fingerprint density at radius 1 is 1.14 bits per heavy atom. The Labute approximate surface area is 218 Å². The number of nitrogens with two attached hydrogens (primary N) is 1. The molecule has 0 aromatic rings. The molecule has 3 amide bonds. The van der Waals surface area contributed by atoms with Gasteiger partial charge in [0, 0.05) is 31.2 Å². The van der Waals surface area contributed by atoms with Crippen LogP contribution >= 0.6 is 0 Å². The van der Waals surface area contributed by atoms with Crippen LogP contribution in [0.15, 0.2) is 64.7 Å². The highest BCUT2D eigenvalue weighted by molar-refractivity contribution is 6.43. The molecule has 2 aliphatic heterocycles. The molecule has 4 rings (SSSR count). The molecule has 2 heterocycles. The van der Waals surface area contributed by atoms with E-state index in [1.165, 1.54) is 0 Å². The van der Waals surface area contributed by atoms with E-state index in [0.29, 0.717) is 62.9 Å². The minimum absolute atomic E-state index is 0.0236. The fraction of sp³-hybridized carbons (Fsp3) is 0.519. The molecule has 2 aliphatic carbocycles. The third-order valence-electron chi connectivity index (χ3n) is 6.59. The van der Waals surface area contributed by atoms with Gasteiger partial charge in [0.25, 0.3) is 5.91 Å². The number of carbonyl (C=O) groups excluding carboxylic acids is 2. The van der Waals surface area contributed by atoms with Crippen molar-refractivity contribution >= 4 is 17.6 Å². The second-order valence-electron chi connectivity index (χ2n) is 9.89. The topological polar surface area (TPSA) is 122 Å².